The first-order valence-electron chi connectivity index (χ1n) is 8.56. The molecule has 0 spiro atoms. The van der Waals surface area contributed by atoms with Crippen molar-refractivity contribution >= 4 is 11.9 Å². The average molecular weight is 362 g/mol. The van der Waals surface area contributed by atoms with Crippen LogP contribution in [-0.2, 0) is 9.53 Å². The van der Waals surface area contributed by atoms with Gasteiger partial charge >= 0.3 is 5.97 Å². The summed E-state index contributed by atoms with van der Waals surface area (Å²) in [7, 11) is 0. The average Bonchev–Trinajstić information content (AvgIpc) is 2.61. The van der Waals surface area contributed by atoms with Gasteiger partial charge in [-0.2, -0.15) is 5.26 Å². The fourth-order valence-corrected chi connectivity index (χ4v) is 2.02. The second kappa shape index (κ2) is 9.66. The summed E-state index contributed by atoms with van der Waals surface area (Å²) in [6.07, 6.45) is 0. The summed E-state index contributed by atoms with van der Waals surface area (Å²) in [5, 5.41) is 11.8. The number of ether oxygens (including phenoxy) is 3. The first kappa shape index (κ1) is 21.3. The molecule has 1 amide bonds. The third-order valence-corrected chi connectivity index (χ3v) is 3.90. The Morgan fingerprint density at radius 3 is 2.35 bits per heavy atom. The van der Waals surface area contributed by atoms with Crippen LogP contribution in [0.25, 0.3) is 0 Å². The van der Waals surface area contributed by atoms with Gasteiger partial charge in [-0.05, 0) is 44.9 Å². The molecule has 1 atom stereocenters. The van der Waals surface area contributed by atoms with E-state index in [9.17, 15) is 14.9 Å². The Balaban J connectivity index is 2.75. The van der Waals surface area contributed by atoms with E-state index in [4.69, 9.17) is 14.2 Å². The maximum Gasteiger partial charge on any atom is 0.338 e. The molecule has 1 aromatic carbocycles. The van der Waals surface area contributed by atoms with Crippen LogP contribution < -0.4 is 14.8 Å². The topological polar surface area (TPSA) is 97.6 Å². The highest BCUT2D eigenvalue weighted by molar-refractivity contribution is 5.92. The van der Waals surface area contributed by atoms with Crippen LogP contribution in [0.1, 0.15) is 45.0 Å². The van der Waals surface area contributed by atoms with Crippen LogP contribution in [0.15, 0.2) is 18.2 Å². The fraction of sp³-hybridized carbons (Fsp3) is 0.526. The summed E-state index contributed by atoms with van der Waals surface area (Å²) >= 11 is 0. The van der Waals surface area contributed by atoms with Crippen LogP contribution >= 0.6 is 0 Å². The third kappa shape index (κ3) is 5.66. The minimum absolute atomic E-state index is 0.0907. The lowest BCUT2D eigenvalue weighted by molar-refractivity contribution is -0.125. The van der Waals surface area contributed by atoms with Gasteiger partial charge in [0.2, 0.25) is 0 Å². The molecule has 0 heterocycles. The highest BCUT2D eigenvalue weighted by atomic mass is 16.5. The molecule has 0 radical (unpaired) electrons. The molecular weight excluding hydrogens is 336 g/mol. The lowest BCUT2D eigenvalue weighted by atomic mass is 9.90. The Bertz CT molecular complexity index is 681. The Labute approximate surface area is 154 Å². The van der Waals surface area contributed by atoms with Crippen molar-refractivity contribution in [2.45, 2.75) is 40.2 Å². The van der Waals surface area contributed by atoms with Crippen LogP contribution in [0.3, 0.4) is 0 Å². The van der Waals surface area contributed by atoms with Gasteiger partial charge in [-0.25, -0.2) is 4.79 Å². The summed E-state index contributed by atoms with van der Waals surface area (Å²) in [5.74, 6) is -0.318. The van der Waals surface area contributed by atoms with Crippen molar-refractivity contribution in [1.29, 1.82) is 5.26 Å². The Hall–Kier alpha value is -2.75. The molecule has 1 rings (SSSR count). The molecule has 1 unspecified atom stereocenters. The van der Waals surface area contributed by atoms with Gasteiger partial charge in [0.15, 0.2) is 18.1 Å². The monoisotopic (exact) mass is 362 g/mol. The van der Waals surface area contributed by atoms with E-state index in [1.54, 1.807) is 19.1 Å². The minimum Gasteiger partial charge on any atom is -0.490 e. The molecule has 1 aromatic rings. The number of benzene rings is 1. The SMILES string of the molecule is CCOc1ccc(C(=O)OCC(=O)NC(C)(C#N)C(C)C)cc1OCC. The molecule has 0 bridgehead atoms. The number of nitrogens with zero attached hydrogens (tertiary/aromatic N) is 1. The highest BCUT2D eigenvalue weighted by Gasteiger charge is 2.30. The van der Waals surface area contributed by atoms with Crippen molar-refractivity contribution < 1.29 is 23.8 Å². The van der Waals surface area contributed by atoms with Gasteiger partial charge in [0, 0.05) is 0 Å². The predicted octanol–water partition coefficient (Wildman–Crippen LogP) is 2.70. The highest BCUT2D eigenvalue weighted by Crippen LogP contribution is 2.28. The van der Waals surface area contributed by atoms with E-state index in [0.717, 1.165) is 0 Å². The summed E-state index contributed by atoms with van der Waals surface area (Å²) in [4.78, 5) is 24.2. The van der Waals surface area contributed by atoms with E-state index in [2.05, 4.69) is 11.4 Å². The molecule has 7 heteroatoms. The van der Waals surface area contributed by atoms with Gasteiger partial charge in [-0.15, -0.1) is 0 Å². The Morgan fingerprint density at radius 2 is 1.81 bits per heavy atom. The van der Waals surface area contributed by atoms with Crippen LogP contribution in [0.2, 0.25) is 0 Å². The summed E-state index contributed by atoms with van der Waals surface area (Å²) in [6, 6.07) is 6.75. The van der Waals surface area contributed by atoms with Crippen LogP contribution in [0.5, 0.6) is 11.5 Å². The summed E-state index contributed by atoms with van der Waals surface area (Å²) < 4.78 is 15.9. The lowest BCUT2D eigenvalue weighted by Gasteiger charge is -2.27. The normalized spacial score (nSPS) is 12.7. The zero-order valence-electron chi connectivity index (χ0n) is 15.9. The Kier molecular flexibility index (Phi) is 7.91. The van der Waals surface area contributed by atoms with E-state index in [1.807, 2.05) is 27.7 Å². The number of carbonyl (C=O) groups excluding carboxylic acids is 2. The zero-order valence-corrected chi connectivity index (χ0v) is 15.9. The summed E-state index contributed by atoms with van der Waals surface area (Å²) in [5.41, 5.74) is -0.776. The van der Waals surface area contributed by atoms with Crippen molar-refractivity contribution in [3.05, 3.63) is 23.8 Å². The molecule has 0 saturated carbocycles. The number of nitriles is 1. The van der Waals surface area contributed by atoms with Crippen molar-refractivity contribution in [2.75, 3.05) is 19.8 Å². The number of rotatable bonds is 9. The maximum absolute atomic E-state index is 12.2. The van der Waals surface area contributed by atoms with Gasteiger partial charge in [-0.3, -0.25) is 4.79 Å². The molecule has 0 aliphatic rings. The van der Waals surface area contributed by atoms with E-state index in [0.29, 0.717) is 24.7 Å². The first-order chi connectivity index (χ1) is 12.3. The number of hydrogen-bond donors (Lipinski definition) is 1. The number of hydrogen-bond acceptors (Lipinski definition) is 6. The minimum atomic E-state index is -1.02. The van der Waals surface area contributed by atoms with Crippen molar-refractivity contribution in [3.63, 3.8) is 0 Å². The molecule has 26 heavy (non-hydrogen) atoms. The zero-order chi connectivity index (χ0) is 19.7. The number of amides is 1. The predicted molar refractivity (Wildman–Crippen MR) is 96.1 cm³/mol. The maximum atomic E-state index is 12.2. The molecule has 1 N–H and O–H groups in total. The van der Waals surface area contributed by atoms with E-state index in [1.165, 1.54) is 6.07 Å². The standard InChI is InChI=1S/C19H26N2O5/c1-6-24-15-9-8-14(10-16(15)25-7-2)18(23)26-11-17(22)21-19(5,12-20)13(3)4/h8-10,13H,6-7,11H2,1-5H3,(H,21,22). The molecule has 0 aliphatic carbocycles. The van der Waals surface area contributed by atoms with E-state index in [-0.39, 0.29) is 11.5 Å². The second-order valence-corrected chi connectivity index (χ2v) is 6.12. The van der Waals surface area contributed by atoms with Gasteiger partial charge in [0.05, 0.1) is 24.8 Å². The lowest BCUT2D eigenvalue weighted by Crippen LogP contribution is -2.50. The van der Waals surface area contributed by atoms with Crippen LogP contribution in [0.4, 0.5) is 0 Å². The van der Waals surface area contributed by atoms with Crippen molar-refractivity contribution in [2.24, 2.45) is 5.92 Å². The molecular formula is C19H26N2O5. The van der Waals surface area contributed by atoms with Gasteiger partial charge < -0.3 is 19.5 Å². The van der Waals surface area contributed by atoms with E-state index >= 15 is 0 Å². The van der Waals surface area contributed by atoms with Gasteiger partial charge in [0.1, 0.15) is 5.54 Å². The largest absolute Gasteiger partial charge is 0.490 e. The molecule has 7 nitrogen and oxygen atoms in total. The number of carbonyl (C=O) groups is 2. The number of nitrogens with one attached hydrogen (secondary N) is 1. The smallest absolute Gasteiger partial charge is 0.338 e. The molecule has 0 fully saturated rings. The quantitative estimate of drug-likeness (QED) is 0.678. The molecule has 0 aliphatic heterocycles. The first-order valence-corrected chi connectivity index (χ1v) is 8.56. The molecule has 0 saturated heterocycles. The van der Waals surface area contributed by atoms with Crippen LogP contribution in [0, 0.1) is 17.2 Å². The molecule has 0 aromatic heterocycles. The summed E-state index contributed by atoms with van der Waals surface area (Å²) in [6.45, 7) is 9.36. The third-order valence-electron chi connectivity index (χ3n) is 3.90. The second-order valence-electron chi connectivity index (χ2n) is 6.12. The van der Waals surface area contributed by atoms with Crippen LogP contribution in [-0.4, -0.2) is 37.2 Å². The van der Waals surface area contributed by atoms with Gasteiger partial charge in [-0.1, -0.05) is 13.8 Å². The van der Waals surface area contributed by atoms with Gasteiger partial charge in [0.25, 0.3) is 5.91 Å². The Morgan fingerprint density at radius 1 is 1.19 bits per heavy atom. The van der Waals surface area contributed by atoms with Crippen molar-refractivity contribution in [3.8, 4) is 17.6 Å². The fourth-order valence-electron chi connectivity index (χ4n) is 2.02. The van der Waals surface area contributed by atoms with E-state index < -0.39 is 24.0 Å². The van der Waals surface area contributed by atoms with Crippen molar-refractivity contribution in [1.82, 2.24) is 5.32 Å². The number of esters is 1. The molecule has 142 valence electrons.